The zero-order chi connectivity index (χ0) is 15.6. The van der Waals surface area contributed by atoms with Gasteiger partial charge in [0.1, 0.15) is 5.82 Å². The molecule has 0 spiro atoms. The maximum atomic E-state index is 13.3. The van der Waals surface area contributed by atoms with Crippen LogP contribution in [0.5, 0.6) is 0 Å². The van der Waals surface area contributed by atoms with Gasteiger partial charge < -0.3 is 10.0 Å². The summed E-state index contributed by atoms with van der Waals surface area (Å²) < 4.78 is 50.8. The average Bonchev–Trinajstić information content (AvgIpc) is 2.45. The van der Waals surface area contributed by atoms with Crippen LogP contribution in [-0.4, -0.2) is 41.8 Å². The lowest BCUT2D eigenvalue weighted by molar-refractivity contribution is -0.187. The van der Waals surface area contributed by atoms with Crippen molar-refractivity contribution in [3.8, 4) is 0 Å². The zero-order valence-corrected chi connectivity index (χ0v) is 11.1. The summed E-state index contributed by atoms with van der Waals surface area (Å²) in [5.74, 6) is -3.18. The van der Waals surface area contributed by atoms with E-state index in [-0.39, 0.29) is 32.0 Å². The van der Waals surface area contributed by atoms with Gasteiger partial charge >= 0.3 is 12.1 Å². The summed E-state index contributed by atoms with van der Waals surface area (Å²) in [7, 11) is 0. The van der Waals surface area contributed by atoms with Gasteiger partial charge in [0, 0.05) is 25.6 Å². The van der Waals surface area contributed by atoms with Gasteiger partial charge in [-0.25, -0.2) is 4.39 Å². The lowest BCUT2D eigenvalue weighted by atomic mass is 9.81. The number of halogens is 4. The first-order valence-electron chi connectivity index (χ1n) is 6.55. The van der Waals surface area contributed by atoms with Crippen molar-refractivity contribution in [1.82, 2.24) is 4.90 Å². The number of piperidine rings is 1. The van der Waals surface area contributed by atoms with Gasteiger partial charge in [0.15, 0.2) is 0 Å². The van der Waals surface area contributed by atoms with Crippen molar-refractivity contribution >= 4 is 5.91 Å². The Morgan fingerprint density at radius 1 is 1.38 bits per heavy atom. The second-order valence-corrected chi connectivity index (χ2v) is 5.14. The highest BCUT2D eigenvalue weighted by Crippen LogP contribution is 2.34. The highest BCUT2D eigenvalue weighted by atomic mass is 19.4. The van der Waals surface area contributed by atoms with Crippen LogP contribution in [0.15, 0.2) is 24.3 Å². The third-order valence-electron chi connectivity index (χ3n) is 3.80. The Labute approximate surface area is 119 Å². The van der Waals surface area contributed by atoms with Crippen molar-refractivity contribution in [2.75, 3.05) is 19.7 Å². The van der Waals surface area contributed by atoms with Crippen LogP contribution in [0.1, 0.15) is 17.9 Å². The summed E-state index contributed by atoms with van der Waals surface area (Å²) in [4.78, 5) is 12.0. The van der Waals surface area contributed by atoms with Crippen LogP contribution >= 0.6 is 0 Å². The van der Waals surface area contributed by atoms with E-state index < -0.39 is 23.8 Å². The highest BCUT2D eigenvalue weighted by Gasteiger charge is 2.45. The number of likely N-dealkylation sites (tertiary alicyclic amines) is 1. The second-order valence-electron chi connectivity index (χ2n) is 5.14. The number of rotatable bonds is 2. The third kappa shape index (κ3) is 3.53. The molecule has 1 fully saturated rings. The number of carbonyl (C=O) groups excluding carboxylic acids is 1. The Morgan fingerprint density at radius 3 is 2.67 bits per heavy atom. The molecule has 0 bridgehead atoms. The Bertz CT molecular complexity index is 518. The molecule has 116 valence electrons. The lowest BCUT2D eigenvalue weighted by Crippen LogP contribution is -2.48. The molecule has 1 N–H and O–H groups in total. The summed E-state index contributed by atoms with van der Waals surface area (Å²) in [6.07, 6.45) is -4.67. The number of benzene rings is 1. The van der Waals surface area contributed by atoms with Crippen molar-refractivity contribution < 1.29 is 27.5 Å². The molecule has 0 unspecified atom stereocenters. The molecule has 2 rings (SSSR count). The zero-order valence-electron chi connectivity index (χ0n) is 11.1. The first kappa shape index (κ1) is 15.8. The lowest BCUT2D eigenvalue weighted by Gasteiger charge is -2.38. The Hall–Kier alpha value is -1.63. The molecule has 1 saturated heterocycles. The monoisotopic (exact) mass is 305 g/mol. The van der Waals surface area contributed by atoms with Crippen LogP contribution in [0.25, 0.3) is 0 Å². The molecule has 0 aliphatic carbocycles. The van der Waals surface area contributed by atoms with E-state index in [0.29, 0.717) is 5.56 Å². The Kier molecular flexibility index (Phi) is 4.51. The van der Waals surface area contributed by atoms with Crippen molar-refractivity contribution in [2.45, 2.75) is 18.5 Å². The molecule has 1 aromatic rings. The maximum Gasteiger partial charge on any atom is 0.471 e. The largest absolute Gasteiger partial charge is 0.471 e. The number of amides is 1. The summed E-state index contributed by atoms with van der Waals surface area (Å²) in [6, 6.07) is 5.52. The molecular weight excluding hydrogens is 290 g/mol. The quantitative estimate of drug-likeness (QED) is 0.852. The van der Waals surface area contributed by atoms with Gasteiger partial charge in [-0.3, -0.25) is 4.79 Å². The van der Waals surface area contributed by atoms with Crippen LogP contribution in [0.2, 0.25) is 0 Å². The van der Waals surface area contributed by atoms with Gasteiger partial charge in [-0.05, 0) is 30.0 Å². The number of carbonyl (C=O) groups is 1. The summed E-state index contributed by atoms with van der Waals surface area (Å²) in [5, 5.41) is 9.36. The van der Waals surface area contributed by atoms with E-state index in [9.17, 15) is 27.5 Å². The Morgan fingerprint density at radius 2 is 2.10 bits per heavy atom. The van der Waals surface area contributed by atoms with E-state index in [1.165, 1.54) is 18.2 Å². The van der Waals surface area contributed by atoms with E-state index >= 15 is 0 Å². The molecule has 0 radical (unpaired) electrons. The van der Waals surface area contributed by atoms with Gasteiger partial charge in [0.2, 0.25) is 0 Å². The molecule has 1 amide bonds. The van der Waals surface area contributed by atoms with Crippen LogP contribution < -0.4 is 0 Å². The molecule has 2 atom stereocenters. The predicted octanol–water partition coefficient (Wildman–Crippen LogP) is 2.31. The number of aliphatic hydroxyl groups is 1. The van der Waals surface area contributed by atoms with Crippen molar-refractivity contribution in [2.24, 2.45) is 5.92 Å². The van der Waals surface area contributed by atoms with Gasteiger partial charge in [0.25, 0.3) is 0 Å². The fraction of sp³-hybridized carbons (Fsp3) is 0.500. The number of hydrogen-bond donors (Lipinski definition) is 1. The van der Waals surface area contributed by atoms with E-state index in [1.807, 2.05) is 0 Å². The van der Waals surface area contributed by atoms with Crippen LogP contribution in [0, 0.1) is 11.7 Å². The SMILES string of the molecule is O=C(N1CC[C@H](CO)[C@@H](c2cccc(F)c2)C1)C(F)(F)F. The standard InChI is InChI=1S/C14H15F4NO2/c15-11-3-1-2-9(6-11)12-7-19(5-4-10(12)8-20)13(21)14(16,17)18/h1-3,6,10,12,20H,4-5,7-8H2/t10-,12-/m1/s1. The first-order chi connectivity index (χ1) is 9.82. The smallest absolute Gasteiger partial charge is 0.396 e. The molecule has 1 heterocycles. The molecule has 7 heteroatoms. The van der Waals surface area contributed by atoms with Gasteiger partial charge in [0.05, 0.1) is 0 Å². The fourth-order valence-electron chi connectivity index (χ4n) is 2.70. The highest BCUT2D eigenvalue weighted by molar-refractivity contribution is 5.82. The molecule has 21 heavy (non-hydrogen) atoms. The van der Waals surface area contributed by atoms with E-state index in [1.54, 1.807) is 6.07 Å². The fourth-order valence-corrected chi connectivity index (χ4v) is 2.70. The molecule has 3 nitrogen and oxygen atoms in total. The number of hydrogen-bond acceptors (Lipinski definition) is 2. The minimum absolute atomic E-state index is 0.0601. The molecule has 0 aromatic heterocycles. The summed E-state index contributed by atoms with van der Waals surface area (Å²) in [5.41, 5.74) is 0.494. The molecule has 1 aliphatic heterocycles. The van der Waals surface area contributed by atoms with Crippen molar-refractivity contribution in [3.63, 3.8) is 0 Å². The first-order valence-corrected chi connectivity index (χ1v) is 6.55. The minimum Gasteiger partial charge on any atom is -0.396 e. The minimum atomic E-state index is -4.92. The van der Waals surface area contributed by atoms with Gasteiger partial charge in [-0.2, -0.15) is 13.2 Å². The molecular formula is C14H15F4NO2. The Balaban J connectivity index is 2.22. The van der Waals surface area contributed by atoms with Crippen LogP contribution in [0.4, 0.5) is 17.6 Å². The molecule has 0 saturated carbocycles. The molecule has 1 aliphatic rings. The summed E-state index contributed by atoms with van der Waals surface area (Å²) >= 11 is 0. The second kappa shape index (κ2) is 6.01. The van der Waals surface area contributed by atoms with Crippen molar-refractivity contribution in [1.29, 1.82) is 0 Å². The van der Waals surface area contributed by atoms with Gasteiger partial charge in [-0.1, -0.05) is 12.1 Å². The number of nitrogens with zero attached hydrogens (tertiary/aromatic N) is 1. The van der Waals surface area contributed by atoms with E-state index in [4.69, 9.17) is 0 Å². The average molecular weight is 305 g/mol. The number of alkyl halides is 3. The number of aliphatic hydroxyl groups excluding tert-OH is 1. The van der Waals surface area contributed by atoms with Crippen LogP contribution in [0.3, 0.4) is 0 Å². The maximum absolute atomic E-state index is 13.3. The van der Waals surface area contributed by atoms with E-state index in [2.05, 4.69) is 0 Å². The van der Waals surface area contributed by atoms with E-state index in [0.717, 1.165) is 4.90 Å². The summed E-state index contributed by atoms with van der Waals surface area (Å²) in [6.45, 7) is -0.447. The topological polar surface area (TPSA) is 40.5 Å². The van der Waals surface area contributed by atoms with Crippen LogP contribution in [-0.2, 0) is 4.79 Å². The molecule has 1 aromatic carbocycles. The predicted molar refractivity (Wildman–Crippen MR) is 67.0 cm³/mol. The third-order valence-corrected chi connectivity index (χ3v) is 3.80. The normalized spacial score (nSPS) is 23.2. The van der Waals surface area contributed by atoms with Gasteiger partial charge in [-0.15, -0.1) is 0 Å². The van der Waals surface area contributed by atoms with Crippen molar-refractivity contribution in [3.05, 3.63) is 35.6 Å².